The molecule has 0 aliphatic carbocycles. The van der Waals surface area contributed by atoms with E-state index in [9.17, 15) is 67.5 Å². The Labute approximate surface area is 430 Å². The van der Waals surface area contributed by atoms with Crippen molar-refractivity contribution in [2.24, 2.45) is 13.0 Å². The van der Waals surface area contributed by atoms with E-state index in [0.717, 1.165) is 36.6 Å². The molecular formula is C36H52N12O25P4. The fraction of sp³-hybridized carbons (Fsp3) is 0.611. The van der Waals surface area contributed by atoms with Crippen molar-refractivity contribution >= 4 is 65.4 Å². The highest BCUT2D eigenvalue weighted by Crippen LogP contribution is 2.68. The standard InChI is InChI=1S/C36H52N12O25P4/c1-4-8-64-9-6-16-17(68-32(23(16)50)48-15-45(2)22-30(48)43-35(38)44-31(22)53)10-66-75(57,58)72-77(61,62)73-76(59,60)67-12-19-26(27(63-3)34(70-19)47-14-41-21-28(37)39-13-40-29(21)47)71-74(55,56)65-11-18-24(51)25(52)33(69-18)46-7-5-20(49)42-36(46)54/h5,7,13-19,23-27,32-34,50-52H,4,6,8-12H2,1-3H3,(H9-,37,38,39,40,42,43,44,49,53,54,55,56,57,58,59,60,61,62)/t16-,17-,18-,19-,23-,24-,25-,26-,27-,32-,33-,34-/m1/s1. The van der Waals surface area contributed by atoms with Gasteiger partial charge in [-0.2, -0.15) is 18.2 Å². The van der Waals surface area contributed by atoms with Crippen molar-refractivity contribution in [3.05, 3.63) is 62.4 Å². The molecular weight excluding hydrogens is 1120 g/mol. The van der Waals surface area contributed by atoms with Crippen LogP contribution >= 0.6 is 31.3 Å². The van der Waals surface area contributed by atoms with E-state index in [1.54, 1.807) is 0 Å². The van der Waals surface area contributed by atoms with Gasteiger partial charge in [0, 0.05) is 38.5 Å². The zero-order valence-electron chi connectivity index (χ0n) is 40.2. The van der Waals surface area contributed by atoms with Crippen molar-refractivity contribution in [3.8, 4) is 0 Å². The van der Waals surface area contributed by atoms with E-state index in [-0.39, 0.29) is 47.1 Å². The molecule has 37 nitrogen and oxygen atoms in total. The van der Waals surface area contributed by atoms with Gasteiger partial charge in [0.1, 0.15) is 54.6 Å². The van der Waals surface area contributed by atoms with E-state index in [1.807, 2.05) is 11.9 Å². The molecule has 0 saturated carbocycles. The first-order valence-corrected chi connectivity index (χ1v) is 28.6. The van der Waals surface area contributed by atoms with Crippen LogP contribution in [0.4, 0.5) is 11.8 Å². The van der Waals surface area contributed by atoms with Crippen LogP contribution in [-0.4, -0.2) is 163 Å². The second-order valence-electron chi connectivity index (χ2n) is 17.3. The molecule has 77 heavy (non-hydrogen) atoms. The Bertz CT molecular complexity index is 3320. The summed E-state index contributed by atoms with van der Waals surface area (Å²) in [6.45, 7) is -1.03. The molecule has 3 aliphatic rings. The maximum Gasteiger partial charge on any atom is 0.490 e. The summed E-state index contributed by atoms with van der Waals surface area (Å²) in [5, 5.41) is 32.8. The lowest BCUT2D eigenvalue weighted by Crippen LogP contribution is -2.39. The van der Waals surface area contributed by atoms with Crippen LogP contribution in [0.2, 0.25) is 0 Å². The summed E-state index contributed by atoms with van der Waals surface area (Å²) < 4.78 is 115. The summed E-state index contributed by atoms with van der Waals surface area (Å²) in [5.41, 5.74) is 9.33. The van der Waals surface area contributed by atoms with E-state index in [1.165, 1.54) is 27.1 Å². The molecule has 3 saturated heterocycles. The Morgan fingerprint density at radius 1 is 0.779 bits per heavy atom. The first-order valence-electron chi connectivity index (χ1n) is 22.7. The Morgan fingerprint density at radius 3 is 2.10 bits per heavy atom. The highest BCUT2D eigenvalue weighted by Gasteiger charge is 2.53. The van der Waals surface area contributed by atoms with Gasteiger partial charge in [-0.15, -0.1) is 0 Å². The van der Waals surface area contributed by atoms with Crippen molar-refractivity contribution in [1.29, 1.82) is 0 Å². The summed E-state index contributed by atoms with van der Waals surface area (Å²) >= 11 is 0. The minimum Gasteiger partial charge on any atom is -0.756 e. The number of aliphatic hydroxyl groups excluding tert-OH is 3. The number of phosphoric acid groups is 4. The summed E-state index contributed by atoms with van der Waals surface area (Å²) in [4.78, 5) is 102. The third-order valence-corrected chi connectivity index (χ3v) is 17.3. The van der Waals surface area contributed by atoms with Gasteiger partial charge in [-0.25, -0.2) is 38.0 Å². The molecule has 0 radical (unpaired) electrons. The number of hydrogen-bond acceptors (Lipinski definition) is 28. The number of nitrogens with two attached hydrogens (primary N) is 2. The lowest BCUT2D eigenvalue weighted by Gasteiger charge is -2.31. The number of nitrogens with one attached hydrogen (secondary N) is 2. The fourth-order valence-electron chi connectivity index (χ4n) is 8.69. The number of aliphatic hydroxyl groups is 3. The number of nitrogen functional groups attached to an aromatic ring is 2. The largest absolute Gasteiger partial charge is 0.756 e. The van der Waals surface area contributed by atoms with Gasteiger partial charge in [-0.3, -0.25) is 42.3 Å². The third kappa shape index (κ3) is 13.0. The van der Waals surface area contributed by atoms with E-state index >= 15 is 0 Å². The number of aromatic amines is 2. The Morgan fingerprint density at radius 2 is 1.43 bits per heavy atom. The zero-order chi connectivity index (χ0) is 55.9. The van der Waals surface area contributed by atoms with Crippen LogP contribution in [0, 0.1) is 5.92 Å². The number of rotatable bonds is 24. The van der Waals surface area contributed by atoms with Crippen LogP contribution in [0.25, 0.3) is 22.3 Å². The van der Waals surface area contributed by atoms with Crippen molar-refractivity contribution in [3.63, 3.8) is 0 Å². The number of ether oxygens (including phenoxy) is 5. The lowest BCUT2D eigenvalue weighted by atomic mass is 9.95. The highest BCUT2D eigenvalue weighted by molar-refractivity contribution is 7.66. The highest BCUT2D eigenvalue weighted by atomic mass is 31.3. The van der Waals surface area contributed by atoms with Crippen molar-refractivity contribution in [2.45, 2.75) is 87.3 Å². The molecule has 8 rings (SSSR count). The Balaban J connectivity index is 0.943. The van der Waals surface area contributed by atoms with Gasteiger partial charge in [0.05, 0.1) is 39.3 Å². The van der Waals surface area contributed by atoms with Crippen molar-refractivity contribution in [2.75, 3.05) is 51.6 Å². The maximum absolute atomic E-state index is 13.5. The first-order chi connectivity index (χ1) is 36.2. The average molecular weight is 1180 g/mol. The van der Waals surface area contributed by atoms with E-state index in [4.69, 9.17) is 53.2 Å². The first kappa shape index (κ1) is 58.5. The molecule has 3 aliphatic heterocycles. The van der Waals surface area contributed by atoms with Gasteiger partial charge in [0.15, 0.2) is 23.9 Å². The van der Waals surface area contributed by atoms with Crippen molar-refractivity contribution < 1.29 is 108 Å². The summed E-state index contributed by atoms with van der Waals surface area (Å²) in [6, 6.07) is 0.918. The van der Waals surface area contributed by atoms with Crippen LogP contribution < -0.4 is 37.7 Å². The third-order valence-electron chi connectivity index (χ3n) is 12.1. The van der Waals surface area contributed by atoms with Crippen LogP contribution in [-0.2, 0) is 75.7 Å². The fourth-order valence-corrected chi connectivity index (χ4v) is 13.2. The number of hydrogen-bond donors (Lipinski definition) is 10. The molecule has 3 fully saturated rings. The second-order valence-corrected chi connectivity index (χ2v) is 23.3. The average Bonchev–Trinajstić information content (AvgIpc) is 4.19. The molecule has 0 bridgehead atoms. The Hall–Kier alpha value is -4.62. The molecule has 16 atom stereocenters. The molecule has 0 spiro atoms. The number of H-pyrrole nitrogens is 2. The molecule has 4 unspecified atom stereocenters. The summed E-state index contributed by atoms with van der Waals surface area (Å²) in [6.07, 6.45) is -12.8. The minimum atomic E-state index is -6.19. The number of imidazole rings is 2. The van der Waals surface area contributed by atoms with Crippen molar-refractivity contribution in [1.82, 2.24) is 43.6 Å². The topological polar surface area (TPSA) is 519 Å². The van der Waals surface area contributed by atoms with Crippen LogP contribution in [0.5, 0.6) is 0 Å². The quantitative estimate of drug-likeness (QED) is 0.0163. The van der Waals surface area contributed by atoms with Gasteiger partial charge < -0.3 is 79.1 Å². The minimum absolute atomic E-state index is 0.00454. The molecule has 8 heterocycles. The van der Waals surface area contributed by atoms with Crippen LogP contribution in [0.3, 0.4) is 0 Å². The number of aromatic nitrogens is 10. The molecule has 12 N–H and O–H groups in total. The number of aryl methyl sites for hydroxylation is 1. The number of anilines is 2. The second kappa shape index (κ2) is 23.2. The lowest BCUT2D eigenvalue weighted by molar-refractivity contribution is -0.646. The SMILES string of the molecule is CCCOCC[C@H]1[C@@H](O)[C@H](n2c[n+](C)c3c(=O)[nH]c(N)nc32)O[C@@H]1COP(=O)(O)OP(=O)(O)OP(=O)(O)OC[C@H]1O[C@@H](n2cnc3c(N)ncnc32)[C@H](OC)[C@@H]1OP(=O)([O-])OC[C@H]1O[C@@H](n2ccc(=O)[nH]c2=O)[C@H](O)[C@@H]1O. The molecule has 0 aromatic carbocycles. The number of methoxy groups -OCH3 is 1. The monoisotopic (exact) mass is 1180 g/mol. The zero-order valence-corrected chi connectivity index (χ0v) is 43.8. The predicted molar refractivity (Wildman–Crippen MR) is 249 cm³/mol. The number of phosphoric ester groups is 3. The summed E-state index contributed by atoms with van der Waals surface area (Å²) in [7, 11) is -21.1. The van der Waals surface area contributed by atoms with Gasteiger partial charge in [-0.1, -0.05) is 6.92 Å². The molecule has 5 aromatic rings. The Kier molecular flexibility index (Phi) is 17.7. The molecule has 41 heteroatoms. The number of fused-ring (bicyclic) bond motifs is 2. The van der Waals surface area contributed by atoms with Crippen LogP contribution in [0.15, 0.2) is 45.6 Å². The smallest absolute Gasteiger partial charge is 0.490 e. The van der Waals surface area contributed by atoms with E-state index < -0.39 is 141 Å². The van der Waals surface area contributed by atoms with E-state index in [2.05, 4.69) is 33.5 Å². The number of nitrogens with zero attached hydrogens (tertiary/aromatic N) is 8. The normalized spacial score (nSPS) is 29.9. The molecule has 5 aromatic heterocycles. The summed E-state index contributed by atoms with van der Waals surface area (Å²) in [5.74, 6) is -1.29. The van der Waals surface area contributed by atoms with Gasteiger partial charge >= 0.3 is 34.7 Å². The van der Waals surface area contributed by atoms with Crippen LogP contribution in [0.1, 0.15) is 38.4 Å². The predicted octanol–water partition coefficient (Wildman–Crippen LogP) is -3.44. The van der Waals surface area contributed by atoms with Gasteiger partial charge in [0.2, 0.25) is 18.5 Å². The molecule has 0 amide bonds. The van der Waals surface area contributed by atoms with E-state index in [0.29, 0.717) is 13.0 Å². The van der Waals surface area contributed by atoms with Gasteiger partial charge in [0.25, 0.3) is 24.5 Å². The molecule has 426 valence electrons. The maximum atomic E-state index is 13.5. The van der Waals surface area contributed by atoms with Gasteiger partial charge in [-0.05, 0) is 12.8 Å².